The van der Waals surface area contributed by atoms with Gasteiger partial charge in [-0.05, 0) is 24.3 Å². The Labute approximate surface area is 240 Å². The van der Waals surface area contributed by atoms with Gasteiger partial charge in [-0.15, -0.1) is 0 Å². The van der Waals surface area contributed by atoms with Crippen LogP contribution >= 0.6 is 23.2 Å². The molecule has 0 spiro atoms. The lowest BCUT2D eigenvalue weighted by Crippen LogP contribution is -2.50. The van der Waals surface area contributed by atoms with Crippen molar-refractivity contribution in [2.75, 3.05) is 56.7 Å². The number of hydrogen-bond acceptors (Lipinski definition) is 8. The molecule has 2 aromatic rings. The Balaban J connectivity index is 1.60. The number of para-hydroxylation sites is 1. The molecular weight excluding hydrogens is 565 g/mol. The first-order valence-corrected chi connectivity index (χ1v) is 12.8. The van der Waals surface area contributed by atoms with Gasteiger partial charge in [0.2, 0.25) is 5.91 Å². The number of amides is 3. The zero-order valence-corrected chi connectivity index (χ0v) is 23.0. The van der Waals surface area contributed by atoms with Crippen molar-refractivity contribution in [3.63, 3.8) is 0 Å². The van der Waals surface area contributed by atoms with Gasteiger partial charge in [0.05, 0.1) is 53.7 Å². The van der Waals surface area contributed by atoms with Crippen LogP contribution in [0.5, 0.6) is 0 Å². The maximum absolute atomic E-state index is 13.0. The van der Waals surface area contributed by atoms with Gasteiger partial charge in [0.25, 0.3) is 11.8 Å². The zero-order chi connectivity index (χ0) is 29.2. The highest BCUT2D eigenvalue weighted by Gasteiger charge is 2.26. The van der Waals surface area contributed by atoms with E-state index in [2.05, 4.69) is 21.3 Å². The summed E-state index contributed by atoms with van der Waals surface area (Å²) in [7, 11) is 1.13. The van der Waals surface area contributed by atoms with E-state index in [0.717, 1.165) is 12.8 Å². The number of methoxy groups -OCH3 is 1. The number of nitrogens with two attached hydrogens (primary N) is 1. The van der Waals surface area contributed by atoms with Crippen molar-refractivity contribution < 1.29 is 28.7 Å². The molecule has 1 atom stereocenters. The molecule has 0 saturated carbocycles. The molecule has 13 nitrogen and oxygen atoms in total. The quantitative estimate of drug-likeness (QED) is 0.132. The molecule has 7 N–H and O–H groups in total. The van der Waals surface area contributed by atoms with Gasteiger partial charge in [0.15, 0.2) is 5.96 Å². The highest BCUT2D eigenvalue weighted by molar-refractivity contribution is 6.40. The van der Waals surface area contributed by atoms with Crippen LogP contribution in [0.25, 0.3) is 0 Å². The summed E-state index contributed by atoms with van der Waals surface area (Å²) >= 11 is 12.8. The van der Waals surface area contributed by atoms with E-state index in [1.807, 2.05) is 4.90 Å². The Morgan fingerprint density at radius 2 is 1.73 bits per heavy atom. The molecule has 1 heterocycles. The molecule has 3 rings (SSSR count). The number of hydrogen-bond donors (Lipinski definition) is 6. The van der Waals surface area contributed by atoms with E-state index in [1.165, 1.54) is 6.07 Å². The molecule has 0 aliphatic carbocycles. The molecule has 1 saturated heterocycles. The summed E-state index contributed by atoms with van der Waals surface area (Å²) in [5, 5.41) is 17.4. The van der Waals surface area contributed by atoms with Crippen molar-refractivity contribution >= 4 is 64.2 Å². The minimum atomic E-state index is -1.27. The van der Waals surface area contributed by atoms with Crippen LogP contribution in [0.3, 0.4) is 0 Å². The topological polar surface area (TPSA) is 188 Å². The van der Waals surface area contributed by atoms with Gasteiger partial charge in [0, 0.05) is 25.3 Å². The lowest BCUT2D eigenvalue weighted by Gasteiger charge is -2.29. The van der Waals surface area contributed by atoms with Crippen LogP contribution in [0.2, 0.25) is 10.0 Å². The van der Waals surface area contributed by atoms with Crippen LogP contribution in [-0.4, -0.2) is 82.2 Å². The number of halogens is 2. The van der Waals surface area contributed by atoms with Crippen LogP contribution < -0.4 is 31.9 Å². The number of carbonyl (C=O) groups is 4. The Kier molecular flexibility index (Phi) is 10.9. The predicted octanol–water partition coefficient (Wildman–Crippen LogP) is 0.953. The Morgan fingerprint density at radius 3 is 2.35 bits per heavy atom. The maximum atomic E-state index is 13.0. The second kappa shape index (κ2) is 14.4. The summed E-state index contributed by atoms with van der Waals surface area (Å²) in [6, 6.07) is 8.24. The summed E-state index contributed by atoms with van der Waals surface area (Å²) in [6.45, 7) is 1.62. The first kappa shape index (κ1) is 30.5. The lowest BCUT2D eigenvalue weighted by atomic mass is 10.1. The van der Waals surface area contributed by atoms with Gasteiger partial charge in [-0.1, -0.05) is 35.3 Å². The van der Waals surface area contributed by atoms with Crippen LogP contribution in [0.4, 0.5) is 11.4 Å². The summed E-state index contributed by atoms with van der Waals surface area (Å²) in [6.07, 6.45) is 0. The first-order chi connectivity index (χ1) is 19.1. The summed E-state index contributed by atoms with van der Waals surface area (Å²) in [4.78, 5) is 52.3. The number of morpholine rings is 1. The van der Waals surface area contributed by atoms with Crippen molar-refractivity contribution in [2.45, 2.75) is 6.04 Å². The highest BCUT2D eigenvalue weighted by atomic mass is 35.5. The Bertz CT molecular complexity index is 1260. The Hall–Kier alpha value is -4.07. The van der Waals surface area contributed by atoms with Crippen molar-refractivity contribution in [1.82, 2.24) is 16.0 Å². The molecule has 0 radical (unpaired) electrons. The van der Waals surface area contributed by atoms with Gasteiger partial charge in [-0.2, -0.15) is 0 Å². The normalized spacial score (nSPS) is 13.5. The van der Waals surface area contributed by atoms with E-state index in [-0.39, 0.29) is 39.4 Å². The van der Waals surface area contributed by atoms with E-state index in [1.54, 1.807) is 30.3 Å². The first-order valence-electron chi connectivity index (χ1n) is 12.1. The van der Waals surface area contributed by atoms with E-state index in [9.17, 15) is 19.2 Å². The molecule has 40 heavy (non-hydrogen) atoms. The fraction of sp³-hybridized carbons (Fsp3) is 0.320. The van der Waals surface area contributed by atoms with Crippen molar-refractivity contribution in [2.24, 2.45) is 5.73 Å². The van der Waals surface area contributed by atoms with Crippen molar-refractivity contribution in [3.8, 4) is 0 Å². The number of anilines is 2. The third-order valence-corrected chi connectivity index (χ3v) is 6.37. The van der Waals surface area contributed by atoms with Gasteiger partial charge >= 0.3 is 5.97 Å². The summed E-state index contributed by atoms with van der Waals surface area (Å²) in [5.41, 5.74) is 6.48. The maximum Gasteiger partial charge on any atom is 0.330 e. The molecule has 15 heteroatoms. The number of carbonyl (C=O) groups excluding carboxylic acids is 4. The summed E-state index contributed by atoms with van der Waals surface area (Å²) in [5.74, 6) is -3.15. The van der Waals surface area contributed by atoms with E-state index in [4.69, 9.17) is 43.8 Å². The molecule has 2 aromatic carbocycles. The number of nitrogens with one attached hydrogen (secondary N) is 5. The average molecular weight is 594 g/mol. The average Bonchev–Trinajstić information content (AvgIpc) is 2.93. The van der Waals surface area contributed by atoms with Crippen molar-refractivity contribution in [1.29, 1.82) is 5.41 Å². The minimum Gasteiger partial charge on any atom is -0.467 e. The zero-order valence-electron chi connectivity index (χ0n) is 21.5. The summed E-state index contributed by atoms with van der Waals surface area (Å²) < 4.78 is 10.1. The molecule has 214 valence electrons. The molecule has 1 aliphatic heterocycles. The largest absolute Gasteiger partial charge is 0.467 e. The van der Waals surface area contributed by atoms with E-state index < -0.39 is 36.3 Å². The number of nitrogens with zero attached hydrogens (tertiary/aromatic N) is 1. The predicted molar refractivity (Wildman–Crippen MR) is 150 cm³/mol. The van der Waals surface area contributed by atoms with Crippen LogP contribution in [0, 0.1) is 5.41 Å². The van der Waals surface area contributed by atoms with Crippen LogP contribution in [0.15, 0.2) is 36.4 Å². The molecule has 1 fully saturated rings. The number of esters is 1. The molecular formula is C25H29Cl2N7O6. The number of rotatable bonds is 10. The van der Waals surface area contributed by atoms with Crippen molar-refractivity contribution in [3.05, 3.63) is 57.6 Å². The van der Waals surface area contributed by atoms with Gasteiger partial charge in [-0.3, -0.25) is 19.8 Å². The second-order valence-electron chi connectivity index (χ2n) is 8.50. The number of ether oxygens (including phenoxy) is 2. The fourth-order valence-electron chi connectivity index (χ4n) is 3.82. The van der Waals surface area contributed by atoms with Gasteiger partial charge < -0.3 is 41.4 Å². The fourth-order valence-corrected chi connectivity index (χ4v) is 4.46. The monoisotopic (exact) mass is 593 g/mol. The molecule has 0 aromatic heterocycles. The molecule has 0 bridgehead atoms. The number of guanidine groups is 1. The van der Waals surface area contributed by atoms with E-state index in [0.29, 0.717) is 26.3 Å². The SMILES string of the molecule is COC(=O)C(CNC(=O)CNC(=O)c1ccccc1NC(=N)N)NC(=O)c1c(Cl)cc(N2CCOCC2)cc1Cl. The third kappa shape index (κ3) is 8.21. The van der Waals surface area contributed by atoms with Crippen LogP contribution in [-0.2, 0) is 19.1 Å². The lowest BCUT2D eigenvalue weighted by molar-refractivity contribution is -0.142. The molecule has 1 aliphatic rings. The second-order valence-corrected chi connectivity index (χ2v) is 9.32. The third-order valence-electron chi connectivity index (χ3n) is 5.78. The van der Waals surface area contributed by atoms with E-state index >= 15 is 0 Å². The minimum absolute atomic E-state index is 0.0364. The van der Waals surface area contributed by atoms with Gasteiger partial charge in [-0.25, -0.2) is 4.79 Å². The van der Waals surface area contributed by atoms with Crippen LogP contribution in [0.1, 0.15) is 20.7 Å². The van der Waals surface area contributed by atoms with Gasteiger partial charge in [0.1, 0.15) is 6.04 Å². The highest BCUT2D eigenvalue weighted by Crippen LogP contribution is 2.31. The standard InChI is InChI=1S/C25H29Cl2N7O6/c1-39-24(38)19(12-30-20(35)13-31-22(36)15-4-2-3-5-18(15)33-25(28)29)32-23(37)21-16(26)10-14(11-17(21)27)34-6-8-40-9-7-34/h2-5,10-11,19H,6-9,12-13H2,1H3,(H,30,35)(H,31,36)(H,32,37)(H4,28,29,33). The smallest absolute Gasteiger partial charge is 0.330 e. The molecule has 3 amide bonds. The Morgan fingerprint density at radius 1 is 1.07 bits per heavy atom. The molecule has 1 unspecified atom stereocenters. The number of benzene rings is 2.